The predicted octanol–water partition coefficient (Wildman–Crippen LogP) is 1.93. The maximum atomic E-state index is 13.3. The van der Waals surface area contributed by atoms with Gasteiger partial charge in [0, 0.05) is 26.2 Å². The largest absolute Gasteiger partial charge is 0.463 e. The highest BCUT2D eigenvalue weighted by Gasteiger charge is 2.34. The average Bonchev–Trinajstić information content (AvgIpc) is 3.20. The minimum absolute atomic E-state index is 0.00956. The van der Waals surface area contributed by atoms with Gasteiger partial charge in [-0.2, -0.15) is 0 Å². The predicted molar refractivity (Wildman–Crippen MR) is 108 cm³/mol. The monoisotopic (exact) mass is 435 g/mol. The van der Waals surface area contributed by atoms with E-state index in [1.807, 2.05) is 14.0 Å². The molecule has 1 aromatic carbocycles. The summed E-state index contributed by atoms with van der Waals surface area (Å²) in [6.07, 6.45) is 0. The van der Waals surface area contributed by atoms with Gasteiger partial charge in [-0.25, -0.2) is 22.3 Å². The SMILES string of the molecule is COC(=O)c1ccc(CN(C(=O)N2CCN(C)CC2)S(=O)(=O)c2ccc(C)cc2)o1. The van der Waals surface area contributed by atoms with Gasteiger partial charge in [0.15, 0.2) is 0 Å². The Labute approximate surface area is 175 Å². The van der Waals surface area contributed by atoms with Gasteiger partial charge in [0.2, 0.25) is 5.76 Å². The summed E-state index contributed by atoms with van der Waals surface area (Å²) in [6.45, 7) is 3.65. The Morgan fingerprint density at radius 1 is 1.07 bits per heavy atom. The minimum atomic E-state index is -4.14. The number of aryl methyl sites for hydroxylation is 1. The number of carbonyl (C=O) groups is 2. The maximum absolute atomic E-state index is 13.3. The number of rotatable bonds is 5. The van der Waals surface area contributed by atoms with Gasteiger partial charge in [-0.3, -0.25) is 0 Å². The Morgan fingerprint density at radius 2 is 1.70 bits per heavy atom. The summed E-state index contributed by atoms with van der Waals surface area (Å²) in [5.74, 6) is -0.583. The molecule has 1 fully saturated rings. The Balaban J connectivity index is 1.93. The molecule has 0 N–H and O–H groups in total. The van der Waals surface area contributed by atoms with Gasteiger partial charge in [0.05, 0.1) is 18.6 Å². The van der Waals surface area contributed by atoms with E-state index in [1.165, 1.54) is 36.3 Å². The van der Waals surface area contributed by atoms with E-state index in [0.29, 0.717) is 26.2 Å². The normalized spacial score (nSPS) is 15.1. The summed E-state index contributed by atoms with van der Waals surface area (Å²) in [4.78, 5) is 28.4. The first-order valence-corrected chi connectivity index (χ1v) is 10.9. The highest BCUT2D eigenvalue weighted by molar-refractivity contribution is 7.89. The topological polar surface area (TPSA) is 100 Å². The summed E-state index contributed by atoms with van der Waals surface area (Å²) >= 11 is 0. The van der Waals surface area contributed by atoms with Crippen LogP contribution >= 0.6 is 0 Å². The van der Waals surface area contributed by atoms with Crippen LogP contribution in [0.1, 0.15) is 21.9 Å². The number of benzene rings is 1. The van der Waals surface area contributed by atoms with Crippen LogP contribution in [0.2, 0.25) is 0 Å². The van der Waals surface area contributed by atoms with Gasteiger partial charge in [0.25, 0.3) is 10.0 Å². The smallest absolute Gasteiger partial charge is 0.373 e. The zero-order valence-corrected chi connectivity index (χ0v) is 18.0. The fraction of sp³-hybridized carbons (Fsp3) is 0.400. The molecule has 2 amide bonds. The molecular weight excluding hydrogens is 410 g/mol. The molecule has 0 spiro atoms. The number of hydrogen-bond donors (Lipinski definition) is 0. The summed E-state index contributed by atoms with van der Waals surface area (Å²) in [5, 5.41) is 0. The summed E-state index contributed by atoms with van der Waals surface area (Å²) in [7, 11) is -0.980. The third kappa shape index (κ3) is 4.65. The molecular formula is C20H25N3O6S. The first-order chi connectivity index (χ1) is 14.2. The number of likely N-dealkylation sites (N-methyl/N-ethyl adjacent to an activating group) is 1. The molecule has 30 heavy (non-hydrogen) atoms. The van der Waals surface area contributed by atoms with Crippen molar-refractivity contribution in [3.05, 3.63) is 53.5 Å². The van der Waals surface area contributed by atoms with Crippen molar-refractivity contribution in [1.82, 2.24) is 14.1 Å². The van der Waals surface area contributed by atoms with E-state index in [4.69, 9.17) is 4.42 Å². The molecule has 2 heterocycles. The number of piperazine rings is 1. The lowest BCUT2D eigenvalue weighted by atomic mass is 10.2. The Hall–Kier alpha value is -2.85. The highest BCUT2D eigenvalue weighted by atomic mass is 32.2. The third-order valence-corrected chi connectivity index (χ3v) is 6.68. The zero-order chi connectivity index (χ0) is 21.9. The number of nitrogens with zero attached hydrogens (tertiary/aromatic N) is 3. The van der Waals surface area contributed by atoms with E-state index in [-0.39, 0.29) is 23.0 Å². The van der Waals surface area contributed by atoms with Gasteiger partial charge in [-0.1, -0.05) is 17.7 Å². The molecule has 1 aromatic heterocycles. The number of methoxy groups -OCH3 is 1. The van der Waals surface area contributed by atoms with Crippen LogP contribution in [-0.2, 0) is 21.3 Å². The number of esters is 1. The lowest BCUT2D eigenvalue weighted by molar-refractivity contribution is 0.0562. The second-order valence-electron chi connectivity index (χ2n) is 7.16. The number of sulfonamides is 1. The third-order valence-electron chi connectivity index (χ3n) is 4.94. The van der Waals surface area contributed by atoms with Crippen molar-refractivity contribution in [3.8, 4) is 0 Å². The standard InChI is InChI=1S/C20H25N3O6S/c1-15-4-7-17(8-5-15)30(26,27)23(20(25)22-12-10-21(2)11-13-22)14-16-6-9-18(29-16)19(24)28-3/h4-9H,10-14H2,1-3H3. The number of urea groups is 1. The molecule has 10 heteroatoms. The highest BCUT2D eigenvalue weighted by Crippen LogP contribution is 2.22. The van der Waals surface area contributed by atoms with Crippen molar-refractivity contribution in [2.24, 2.45) is 0 Å². The number of ether oxygens (including phenoxy) is 1. The van der Waals surface area contributed by atoms with Crippen LogP contribution in [0, 0.1) is 6.92 Å². The lowest BCUT2D eigenvalue weighted by Gasteiger charge is -2.35. The van der Waals surface area contributed by atoms with E-state index in [0.717, 1.165) is 9.87 Å². The van der Waals surface area contributed by atoms with Crippen molar-refractivity contribution >= 4 is 22.0 Å². The fourth-order valence-electron chi connectivity index (χ4n) is 3.06. The van der Waals surface area contributed by atoms with Gasteiger partial charge >= 0.3 is 12.0 Å². The van der Waals surface area contributed by atoms with Crippen molar-refractivity contribution in [2.75, 3.05) is 40.3 Å². The Morgan fingerprint density at radius 3 is 2.30 bits per heavy atom. The van der Waals surface area contributed by atoms with E-state index in [2.05, 4.69) is 9.64 Å². The molecule has 162 valence electrons. The molecule has 2 aromatic rings. The van der Waals surface area contributed by atoms with Crippen LogP contribution in [-0.4, -0.2) is 74.9 Å². The molecule has 0 atom stereocenters. The van der Waals surface area contributed by atoms with E-state index < -0.39 is 22.0 Å². The van der Waals surface area contributed by atoms with Gasteiger partial charge in [-0.15, -0.1) is 0 Å². The zero-order valence-electron chi connectivity index (χ0n) is 17.2. The van der Waals surface area contributed by atoms with Crippen LogP contribution < -0.4 is 0 Å². The van der Waals surface area contributed by atoms with Crippen LogP contribution in [0.15, 0.2) is 45.7 Å². The van der Waals surface area contributed by atoms with Gasteiger partial charge < -0.3 is 19.0 Å². The first-order valence-electron chi connectivity index (χ1n) is 9.46. The van der Waals surface area contributed by atoms with Crippen LogP contribution in [0.5, 0.6) is 0 Å². The quantitative estimate of drug-likeness (QED) is 0.662. The lowest BCUT2D eigenvalue weighted by Crippen LogP contribution is -2.52. The van der Waals surface area contributed by atoms with Crippen molar-refractivity contribution < 1.29 is 27.2 Å². The summed E-state index contributed by atoms with van der Waals surface area (Å²) < 4.78 is 37.5. The van der Waals surface area contributed by atoms with Crippen molar-refractivity contribution in [2.45, 2.75) is 18.4 Å². The number of carbonyl (C=O) groups excluding carboxylic acids is 2. The molecule has 1 aliphatic rings. The molecule has 0 aliphatic carbocycles. The molecule has 9 nitrogen and oxygen atoms in total. The molecule has 3 rings (SSSR count). The maximum Gasteiger partial charge on any atom is 0.373 e. The van der Waals surface area contributed by atoms with Crippen molar-refractivity contribution in [1.29, 1.82) is 0 Å². The van der Waals surface area contributed by atoms with E-state index >= 15 is 0 Å². The van der Waals surface area contributed by atoms with E-state index in [1.54, 1.807) is 12.1 Å². The number of hydrogen-bond acceptors (Lipinski definition) is 7. The Bertz CT molecular complexity index is 1010. The molecule has 0 saturated carbocycles. The van der Waals surface area contributed by atoms with Gasteiger partial charge in [0.1, 0.15) is 5.76 Å². The molecule has 0 unspecified atom stereocenters. The molecule has 0 bridgehead atoms. The molecule has 1 saturated heterocycles. The van der Waals surface area contributed by atoms with E-state index in [9.17, 15) is 18.0 Å². The summed E-state index contributed by atoms with van der Waals surface area (Å²) in [6, 6.07) is 8.51. The van der Waals surface area contributed by atoms with Crippen molar-refractivity contribution in [3.63, 3.8) is 0 Å². The number of amides is 2. The first kappa shape index (κ1) is 21.8. The van der Waals surface area contributed by atoms with Crippen LogP contribution in [0.3, 0.4) is 0 Å². The molecule has 0 radical (unpaired) electrons. The average molecular weight is 436 g/mol. The Kier molecular flexibility index (Phi) is 6.47. The second-order valence-corrected chi connectivity index (χ2v) is 9.02. The summed E-state index contributed by atoms with van der Waals surface area (Å²) in [5.41, 5.74) is 0.902. The minimum Gasteiger partial charge on any atom is -0.463 e. The molecule has 1 aliphatic heterocycles. The fourth-order valence-corrected chi connectivity index (χ4v) is 4.42. The number of furan rings is 1. The van der Waals surface area contributed by atoms with Gasteiger partial charge in [-0.05, 0) is 38.2 Å². The second kappa shape index (κ2) is 8.88. The van der Waals surface area contributed by atoms with Crippen LogP contribution in [0.25, 0.3) is 0 Å². The van der Waals surface area contributed by atoms with Crippen LogP contribution in [0.4, 0.5) is 4.79 Å².